The molecule has 3 nitrogen and oxygen atoms in total. The lowest BCUT2D eigenvalue weighted by molar-refractivity contribution is 0.0520. The lowest BCUT2D eigenvalue weighted by Crippen LogP contribution is -2.44. The molecular weight excluding hydrogens is 304 g/mol. The molecule has 1 saturated heterocycles. The Morgan fingerprint density at radius 3 is 2.74 bits per heavy atom. The van der Waals surface area contributed by atoms with Gasteiger partial charge in [0.15, 0.2) is 0 Å². The lowest BCUT2D eigenvalue weighted by Gasteiger charge is -2.41. The number of piperidine rings is 1. The van der Waals surface area contributed by atoms with E-state index >= 15 is 0 Å². The van der Waals surface area contributed by atoms with Crippen molar-refractivity contribution >= 4 is 21.8 Å². The van der Waals surface area contributed by atoms with E-state index in [4.69, 9.17) is 0 Å². The van der Waals surface area contributed by atoms with Crippen LogP contribution in [0.2, 0.25) is 0 Å². The number of fused-ring (bicyclic) bond motifs is 1. The Bertz CT molecular complexity index is 460. The molecule has 3 rings (SSSR count). The van der Waals surface area contributed by atoms with Gasteiger partial charge in [-0.15, -0.1) is 0 Å². The van der Waals surface area contributed by atoms with Gasteiger partial charge in [-0.05, 0) is 52.7 Å². The molecule has 1 aliphatic carbocycles. The van der Waals surface area contributed by atoms with Crippen LogP contribution in [0.1, 0.15) is 42.5 Å². The summed E-state index contributed by atoms with van der Waals surface area (Å²) in [4.78, 5) is 18.6. The third-order valence-corrected chi connectivity index (χ3v) is 5.02. The van der Waals surface area contributed by atoms with Crippen LogP contribution in [0.25, 0.3) is 0 Å². The first-order valence-electron chi connectivity index (χ1n) is 7.15. The zero-order chi connectivity index (χ0) is 13.2. The predicted molar refractivity (Wildman–Crippen MR) is 77.9 cm³/mol. The molecule has 1 saturated carbocycles. The van der Waals surface area contributed by atoms with Crippen molar-refractivity contribution in [2.45, 2.75) is 32.1 Å². The Morgan fingerprint density at radius 1 is 1.21 bits per heavy atom. The van der Waals surface area contributed by atoms with Crippen LogP contribution in [0, 0.1) is 11.8 Å². The molecule has 102 valence electrons. The van der Waals surface area contributed by atoms with Crippen LogP contribution < -0.4 is 0 Å². The average Bonchev–Trinajstić information content (AvgIpc) is 2.47. The standard InChI is InChI=1S/C15H19BrN2O/c16-14-6-5-12(9-17-14)15(19)18-8-7-11-3-1-2-4-13(11)10-18/h5-6,9,11,13H,1-4,7-8,10H2. The molecule has 1 aromatic heterocycles. The Hall–Kier alpha value is -0.900. The number of halogens is 1. The van der Waals surface area contributed by atoms with Gasteiger partial charge < -0.3 is 4.90 Å². The predicted octanol–water partition coefficient (Wildman–Crippen LogP) is 3.50. The first-order chi connectivity index (χ1) is 9.24. The number of amides is 1. The third-order valence-electron chi connectivity index (χ3n) is 4.55. The Kier molecular flexibility index (Phi) is 3.87. The van der Waals surface area contributed by atoms with Gasteiger partial charge in [0.05, 0.1) is 5.56 Å². The monoisotopic (exact) mass is 322 g/mol. The second-order valence-corrected chi connectivity index (χ2v) is 6.53. The summed E-state index contributed by atoms with van der Waals surface area (Å²) < 4.78 is 0.773. The fourth-order valence-electron chi connectivity index (χ4n) is 3.47. The van der Waals surface area contributed by atoms with Crippen molar-refractivity contribution in [1.82, 2.24) is 9.88 Å². The van der Waals surface area contributed by atoms with Crippen LogP contribution in [0.5, 0.6) is 0 Å². The van der Waals surface area contributed by atoms with Crippen LogP contribution >= 0.6 is 15.9 Å². The van der Waals surface area contributed by atoms with E-state index in [1.807, 2.05) is 17.0 Å². The first-order valence-corrected chi connectivity index (χ1v) is 7.94. The van der Waals surface area contributed by atoms with Crippen LogP contribution in [0.15, 0.2) is 22.9 Å². The SMILES string of the molecule is O=C(c1ccc(Br)nc1)N1CCC2CCCCC2C1. The molecule has 2 fully saturated rings. The molecule has 2 unspecified atom stereocenters. The zero-order valence-electron chi connectivity index (χ0n) is 11.0. The highest BCUT2D eigenvalue weighted by Crippen LogP contribution is 2.36. The summed E-state index contributed by atoms with van der Waals surface area (Å²) in [6, 6.07) is 3.69. The summed E-state index contributed by atoms with van der Waals surface area (Å²) in [5.41, 5.74) is 0.706. The van der Waals surface area contributed by atoms with E-state index in [0.29, 0.717) is 5.56 Å². The maximum atomic E-state index is 12.5. The van der Waals surface area contributed by atoms with Crippen LogP contribution in [-0.2, 0) is 0 Å². The van der Waals surface area contributed by atoms with Crippen LogP contribution in [0.3, 0.4) is 0 Å². The second-order valence-electron chi connectivity index (χ2n) is 5.71. The van der Waals surface area contributed by atoms with E-state index in [1.54, 1.807) is 6.20 Å². The molecule has 2 aliphatic rings. The number of carbonyl (C=O) groups is 1. The number of nitrogens with zero attached hydrogens (tertiary/aromatic N) is 2. The molecule has 0 aromatic carbocycles. The molecule has 2 heterocycles. The number of hydrogen-bond acceptors (Lipinski definition) is 2. The van der Waals surface area contributed by atoms with Gasteiger partial charge in [-0.3, -0.25) is 4.79 Å². The largest absolute Gasteiger partial charge is 0.338 e. The normalized spacial score (nSPS) is 26.9. The molecule has 1 amide bonds. The second kappa shape index (κ2) is 5.61. The Balaban J connectivity index is 1.69. The summed E-state index contributed by atoms with van der Waals surface area (Å²) in [6.07, 6.45) is 8.23. The Labute approximate surface area is 122 Å². The minimum atomic E-state index is 0.143. The highest BCUT2D eigenvalue weighted by molar-refractivity contribution is 9.10. The molecule has 1 aromatic rings. The smallest absolute Gasteiger partial charge is 0.255 e. The van der Waals surface area contributed by atoms with E-state index in [1.165, 1.54) is 32.1 Å². The van der Waals surface area contributed by atoms with Crippen molar-refractivity contribution in [3.05, 3.63) is 28.5 Å². The number of pyridine rings is 1. The fraction of sp³-hybridized carbons (Fsp3) is 0.600. The van der Waals surface area contributed by atoms with Crippen LogP contribution in [0.4, 0.5) is 0 Å². The number of carbonyl (C=O) groups excluding carboxylic acids is 1. The van der Waals surface area contributed by atoms with E-state index in [-0.39, 0.29) is 5.91 Å². The van der Waals surface area contributed by atoms with Crippen molar-refractivity contribution in [2.24, 2.45) is 11.8 Å². The number of aromatic nitrogens is 1. The lowest BCUT2D eigenvalue weighted by atomic mass is 9.75. The maximum absolute atomic E-state index is 12.5. The molecule has 0 N–H and O–H groups in total. The van der Waals surface area contributed by atoms with Gasteiger partial charge in [0.25, 0.3) is 5.91 Å². The van der Waals surface area contributed by atoms with Gasteiger partial charge in [0.1, 0.15) is 4.60 Å². The number of likely N-dealkylation sites (tertiary alicyclic amines) is 1. The Morgan fingerprint density at radius 2 is 2.00 bits per heavy atom. The van der Waals surface area contributed by atoms with Gasteiger partial charge in [-0.2, -0.15) is 0 Å². The number of hydrogen-bond donors (Lipinski definition) is 0. The van der Waals surface area contributed by atoms with Gasteiger partial charge in [-0.1, -0.05) is 19.3 Å². The zero-order valence-corrected chi connectivity index (χ0v) is 12.6. The van der Waals surface area contributed by atoms with Crippen LogP contribution in [-0.4, -0.2) is 28.9 Å². The van der Waals surface area contributed by atoms with E-state index < -0.39 is 0 Å². The fourth-order valence-corrected chi connectivity index (χ4v) is 3.70. The van der Waals surface area contributed by atoms with Crippen molar-refractivity contribution in [3.8, 4) is 0 Å². The van der Waals surface area contributed by atoms with Crippen molar-refractivity contribution in [2.75, 3.05) is 13.1 Å². The maximum Gasteiger partial charge on any atom is 0.255 e. The van der Waals surface area contributed by atoms with Crippen molar-refractivity contribution in [1.29, 1.82) is 0 Å². The van der Waals surface area contributed by atoms with Crippen molar-refractivity contribution < 1.29 is 4.79 Å². The molecule has 1 aliphatic heterocycles. The van der Waals surface area contributed by atoms with Crippen molar-refractivity contribution in [3.63, 3.8) is 0 Å². The van der Waals surface area contributed by atoms with E-state index in [9.17, 15) is 4.79 Å². The summed E-state index contributed by atoms with van der Waals surface area (Å²) in [5.74, 6) is 1.74. The van der Waals surface area contributed by atoms with Gasteiger partial charge in [0.2, 0.25) is 0 Å². The minimum Gasteiger partial charge on any atom is -0.338 e. The van der Waals surface area contributed by atoms with Gasteiger partial charge >= 0.3 is 0 Å². The summed E-state index contributed by atoms with van der Waals surface area (Å²) in [6.45, 7) is 1.86. The molecule has 0 radical (unpaired) electrons. The minimum absolute atomic E-state index is 0.143. The van der Waals surface area contributed by atoms with Gasteiger partial charge in [0, 0.05) is 19.3 Å². The molecule has 2 atom stereocenters. The van der Waals surface area contributed by atoms with E-state index in [2.05, 4.69) is 20.9 Å². The highest BCUT2D eigenvalue weighted by Gasteiger charge is 2.33. The topological polar surface area (TPSA) is 33.2 Å². The van der Waals surface area contributed by atoms with Gasteiger partial charge in [-0.25, -0.2) is 4.98 Å². The molecule has 19 heavy (non-hydrogen) atoms. The highest BCUT2D eigenvalue weighted by atomic mass is 79.9. The van der Waals surface area contributed by atoms with E-state index in [0.717, 1.165) is 29.5 Å². The quantitative estimate of drug-likeness (QED) is 0.741. The summed E-state index contributed by atoms with van der Waals surface area (Å²) >= 11 is 3.30. The molecular formula is C15H19BrN2O. The molecule has 4 heteroatoms. The third kappa shape index (κ3) is 2.83. The summed E-state index contributed by atoms with van der Waals surface area (Å²) in [5, 5.41) is 0. The molecule has 0 spiro atoms. The summed E-state index contributed by atoms with van der Waals surface area (Å²) in [7, 11) is 0. The molecule has 0 bridgehead atoms. The first kappa shape index (κ1) is 13.1. The number of rotatable bonds is 1. The average molecular weight is 323 g/mol.